The van der Waals surface area contributed by atoms with Crippen LogP contribution in [0.3, 0.4) is 0 Å². The molecule has 0 aromatic carbocycles. The Morgan fingerprint density at radius 2 is 2.00 bits per heavy atom. The summed E-state index contributed by atoms with van der Waals surface area (Å²) in [6.07, 6.45) is 1.43. The molecule has 0 aliphatic carbocycles. The second kappa shape index (κ2) is 9.33. The van der Waals surface area contributed by atoms with Crippen LogP contribution in [-0.4, -0.2) is 11.7 Å². The second-order valence-corrected chi connectivity index (χ2v) is 0.471. The smallest absolute Gasteiger partial charge is 0.0609 e. The molecular weight excluding hydrogens is 64.0 g/mol. The molecule has 0 aromatic rings. The van der Waals surface area contributed by atoms with Crippen molar-refractivity contribution in [2.24, 2.45) is 0 Å². The van der Waals surface area contributed by atoms with Crippen molar-refractivity contribution in [1.82, 2.24) is 0 Å². The fourth-order valence-corrected chi connectivity index (χ4v) is 0. The van der Waals surface area contributed by atoms with E-state index in [0.29, 0.717) is 0 Å². The molecule has 0 unspecified atom stereocenters. The molecule has 0 spiro atoms. The van der Waals surface area contributed by atoms with E-state index in [1.165, 1.54) is 6.08 Å². The average Bonchev–Trinajstić information content (AvgIpc) is 1.37. The Morgan fingerprint density at radius 3 is 2.00 bits per heavy atom. The van der Waals surface area contributed by atoms with Crippen molar-refractivity contribution in [3.63, 3.8) is 0 Å². The first kappa shape index (κ1) is 8.83. The van der Waals surface area contributed by atoms with E-state index >= 15 is 0 Å². The predicted octanol–water partition coefficient (Wildman–Crippen LogP) is 0.801. The largest absolute Gasteiger partial charge is 0.392 e. The molecule has 0 aliphatic rings. The minimum atomic E-state index is 0. The van der Waals surface area contributed by atoms with Gasteiger partial charge in [0.25, 0.3) is 0 Å². The monoisotopic (exact) mass is 74.1 g/mol. The standard InChI is InChI=1S/C3H6O.CH4/c1-2-3-4;/h2,4H,1,3H2;1H4. The summed E-state index contributed by atoms with van der Waals surface area (Å²) in [6, 6.07) is 0. The molecular formula is C4H10O. The molecule has 0 atom stereocenters. The Bertz CT molecular complexity index is 17.6. The van der Waals surface area contributed by atoms with Gasteiger partial charge in [-0.1, -0.05) is 13.5 Å². The quantitative estimate of drug-likeness (QED) is 0.456. The molecule has 0 aromatic heterocycles. The zero-order chi connectivity index (χ0) is 3.41. The van der Waals surface area contributed by atoms with E-state index in [0.717, 1.165) is 0 Å². The van der Waals surface area contributed by atoms with Crippen molar-refractivity contribution < 1.29 is 5.11 Å². The van der Waals surface area contributed by atoms with Crippen LogP contribution in [0.4, 0.5) is 0 Å². The predicted molar refractivity (Wildman–Crippen MR) is 24.0 cm³/mol. The van der Waals surface area contributed by atoms with Gasteiger partial charge in [0.15, 0.2) is 0 Å². The summed E-state index contributed by atoms with van der Waals surface area (Å²) >= 11 is 0. The van der Waals surface area contributed by atoms with Gasteiger partial charge in [0.05, 0.1) is 6.61 Å². The molecule has 0 aliphatic heterocycles. The van der Waals surface area contributed by atoms with E-state index in [4.69, 9.17) is 5.11 Å². The van der Waals surface area contributed by atoms with E-state index in [-0.39, 0.29) is 14.0 Å². The Balaban J connectivity index is 0. The van der Waals surface area contributed by atoms with E-state index in [9.17, 15) is 0 Å². The fraction of sp³-hybridized carbons (Fsp3) is 0.500. The van der Waals surface area contributed by atoms with Gasteiger partial charge in [-0.2, -0.15) is 0 Å². The van der Waals surface area contributed by atoms with Crippen LogP contribution in [0, 0.1) is 0 Å². The van der Waals surface area contributed by atoms with Crippen LogP contribution in [0.5, 0.6) is 0 Å². The molecule has 5 heavy (non-hydrogen) atoms. The molecule has 0 rings (SSSR count). The molecule has 0 fully saturated rings. The SMILES string of the molecule is C.C=CCO. The van der Waals surface area contributed by atoms with Gasteiger partial charge in [-0.05, 0) is 0 Å². The third-order valence-electron chi connectivity index (χ3n) is 0.129. The van der Waals surface area contributed by atoms with Gasteiger partial charge in [-0.3, -0.25) is 0 Å². The van der Waals surface area contributed by atoms with Gasteiger partial charge in [-0.15, -0.1) is 6.58 Å². The number of rotatable bonds is 1. The fourth-order valence-electron chi connectivity index (χ4n) is 0. The van der Waals surface area contributed by atoms with E-state index in [1.807, 2.05) is 0 Å². The Morgan fingerprint density at radius 1 is 1.80 bits per heavy atom. The summed E-state index contributed by atoms with van der Waals surface area (Å²) in [4.78, 5) is 0. The topological polar surface area (TPSA) is 20.2 Å². The zero-order valence-corrected chi connectivity index (χ0v) is 2.44. The molecule has 0 amide bonds. The second-order valence-electron chi connectivity index (χ2n) is 0.471. The van der Waals surface area contributed by atoms with Crippen molar-refractivity contribution in [2.45, 2.75) is 7.43 Å². The lowest BCUT2D eigenvalue weighted by atomic mass is 10.7. The lowest BCUT2D eigenvalue weighted by molar-refractivity contribution is 0.343. The highest BCUT2D eigenvalue weighted by atomic mass is 16.2. The van der Waals surface area contributed by atoms with Gasteiger partial charge in [0, 0.05) is 0 Å². The van der Waals surface area contributed by atoms with Crippen LogP contribution in [0.25, 0.3) is 0 Å². The van der Waals surface area contributed by atoms with Crippen LogP contribution < -0.4 is 0 Å². The van der Waals surface area contributed by atoms with Crippen LogP contribution in [0.15, 0.2) is 12.7 Å². The lowest BCUT2D eigenvalue weighted by Gasteiger charge is -1.60. The Hall–Kier alpha value is -0.300. The minimum Gasteiger partial charge on any atom is -0.392 e. The first-order valence-electron chi connectivity index (χ1n) is 1.13. The van der Waals surface area contributed by atoms with Gasteiger partial charge in [0.2, 0.25) is 0 Å². The van der Waals surface area contributed by atoms with Crippen LogP contribution in [0.1, 0.15) is 7.43 Å². The zero-order valence-electron chi connectivity index (χ0n) is 2.44. The van der Waals surface area contributed by atoms with Gasteiger partial charge in [-0.25, -0.2) is 0 Å². The number of hydrogen-bond acceptors (Lipinski definition) is 1. The third kappa shape index (κ3) is 21.8. The van der Waals surface area contributed by atoms with Gasteiger partial charge in [0.1, 0.15) is 0 Å². The highest BCUT2D eigenvalue weighted by Crippen LogP contribution is 1.46. The molecule has 0 saturated carbocycles. The molecule has 32 valence electrons. The molecule has 1 nitrogen and oxygen atoms in total. The van der Waals surface area contributed by atoms with Gasteiger partial charge < -0.3 is 5.11 Å². The van der Waals surface area contributed by atoms with E-state index in [1.54, 1.807) is 0 Å². The van der Waals surface area contributed by atoms with Crippen LogP contribution in [-0.2, 0) is 0 Å². The Kier molecular flexibility index (Phi) is 16.5. The van der Waals surface area contributed by atoms with E-state index < -0.39 is 0 Å². The molecule has 0 bridgehead atoms. The van der Waals surface area contributed by atoms with E-state index in [2.05, 4.69) is 6.58 Å². The number of aliphatic hydroxyl groups is 1. The molecule has 1 N–H and O–H groups in total. The summed E-state index contributed by atoms with van der Waals surface area (Å²) in [6.45, 7) is 3.31. The molecule has 0 radical (unpaired) electrons. The van der Waals surface area contributed by atoms with Crippen molar-refractivity contribution in [2.75, 3.05) is 6.61 Å². The minimum absolute atomic E-state index is 0. The summed E-state index contributed by atoms with van der Waals surface area (Å²) in [5, 5.41) is 7.76. The van der Waals surface area contributed by atoms with Crippen molar-refractivity contribution >= 4 is 0 Å². The van der Waals surface area contributed by atoms with Crippen molar-refractivity contribution in [3.05, 3.63) is 12.7 Å². The molecule has 0 saturated heterocycles. The third-order valence-corrected chi connectivity index (χ3v) is 0.129. The summed E-state index contributed by atoms with van der Waals surface area (Å²) in [7, 11) is 0. The lowest BCUT2D eigenvalue weighted by Crippen LogP contribution is -1.62. The molecule has 1 heteroatoms. The average molecular weight is 74.1 g/mol. The van der Waals surface area contributed by atoms with Gasteiger partial charge >= 0.3 is 0 Å². The highest BCUT2D eigenvalue weighted by molar-refractivity contribution is 4.60. The maximum absolute atomic E-state index is 7.76. The first-order valence-corrected chi connectivity index (χ1v) is 1.13. The Labute approximate surface area is 32.9 Å². The maximum atomic E-state index is 7.76. The summed E-state index contributed by atoms with van der Waals surface area (Å²) < 4.78 is 0. The van der Waals surface area contributed by atoms with Crippen LogP contribution >= 0.6 is 0 Å². The molecule has 0 heterocycles. The number of aliphatic hydroxyl groups excluding tert-OH is 1. The highest BCUT2D eigenvalue weighted by Gasteiger charge is 1.45. The maximum Gasteiger partial charge on any atom is 0.0609 e. The van der Waals surface area contributed by atoms with Crippen molar-refractivity contribution in [3.8, 4) is 0 Å². The van der Waals surface area contributed by atoms with Crippen molar-refractivity contribution in [1.29, 1.82) is 0 Å². The summed E-state index contributed by atoms with van der Waals surface area (Å²) in [5.41, 5.74) is 0. The first-order chi connectivity index (χ1) is 1.91. The summed E-state index contributed by atoms with van der Waals surface area (Å²) in [5.74, 6) is 0. The number of hydrogen-bond donors (Lipinski definition) is 1. The van der Waals surface area contributed by atoms with Crippen LogP contribution in [0.2, 0.25) is 0 Å². The normalized spacial score (nSPS) is 5.00.